The van der Waals surface area contributed by atoms with Gasteiger partial charge in [-0.2, -0.15) is 0 Å². The van der Waals surface area contributed by atoms with Crippen molar-refractivity contribution in [2.45, 2.75) is 45.3 Å². The Hall–Kier alpha value is -1.79. The average molecular weight is 272 g/mol. The van der Waals surface area contributed by atoms with E-state index < -0.39 is 17.7 Å². The normalized spacial score (nSPS) is 19.8. The molecule has 0 aromatic carbocycles. The summed E-state index contributed by atoms with van der Waals surface area (Å²) in [5, 5.41) is 2.54. The van der Waals surface area contributed by atoms with Crippen molar-refractivity contribution in [2.24, 2.45) is 0 Å². The lowest BCUT2D eigenvalue weighted by Crippen LogP contribution is -2.53. The van der Waals surface area contributed by atoms with Gasteiger partial charge >= 0.3 is 6.09 Å². The third-order valence-corrected chi connectivity index (χ3v) is 2.52. The summed E-state index contributed by atoms with van der Waals surface area (Å²) in [4.78, 5) is 35.1. The summed E-state index contributed by atoms with van der Waals surface area (Å²) < 4.78 is 9.65. The van der Waals surface area contributed by atoms with E-state index in [1.54, 1.807) is 20.8 Å². The molecule has 1 N–H and O–H groups in total. The number of nitrogens with zero attached hydrogens (tertiary/aromatic N) is 1. The second-order valence-electron chi connectivity index (χ2n) is 5.33. The standard InChI is InChI=1S/C12H20N2O5/c1-12(2,3)19-11(17)13-9-5-4-6-14(10(9)16)7-18-8-15/h8-9H,4-7H2,1-3H3,(H,13,17)/t9-/m0/s1. The van der Waals surface area contributed by atoms with E-state index in [1.807, 2.05) is 0 Å². The van der Waals surface area contributed by atoms with Gasteiger partial charge in [-0.15, -0.1) is 0 Å². The second kappa shape index (κ2) is 6.40. The molecule has 0 radical (unpaired) electrons. The van der Waals surface area contributed by atoms with Crippen LogP contribution in [-0.4, -0.2) is 48.3 Å². The van der Waals surface area contributed by atoms with E-state index in [4.69, 9.17) is 4.74 Å². The Morgan fingerprint density at radius 3 is 2.79 bits per heavy atom. The molecule has 2 amide bonds. The number of rotatable bonds is 4. The molecule has 1 heterocycles. The number of likely N-dealkylation sites (tertiary alicyclic amines) is 1. The zero-order valence-electron chi connectivity index (χ0n) is 11.5. The van der Waals surface area contributed by atoms with Crippen LogP contribution in [0, 0.1) is 0 Å². The maximum absolute atomic E-state index is 12.0. The van der Waals surface area contributed by atoms with Crippen LogP contribution in [0.3, 0.4) is 0 Å². The first-order valence-electron chi connectivity index (χ1n) is 6.17. The SMILES string of the molecule is CC(C)(C)OC(=O)N[C@H]1CCCN(COC=O)C1=O. The molecule has 0 spiro atoms. The fourth-order valence-corrected chi connectivity index (χ4v) is 1.77. The topological polar surface area (TPSA) is 84.9 Å². The molecule has 7 nitrogen and oxygen atoms in total. The van der Waals surface area contributed by atoms with Crippen molar-refractivity contribution < 1.29 is 23.9 Å². The van der Waals surface area contributed by atoms with Crippen LogP contribution in [0.4, 0.5) is 4.79 Å². The molecule has 1 fully saturated rings. The number of nitrogens with one attached hydrogen (secondary N) is 1. The van der Waals surface area contributed by atoms with Crippen LogP contribution in [0.15, 0.2) is 0 Å². The Morgan fingerprint density at radius 2 is 2.21 bits per heavy atom. The smallest absolute Gasteiger partial charge is 0.408 e. The first-order valence-corrected chi connectivity index (χ1v) is 6.17. The Morgan fingerprint density at radius 1 is 1.53 bits per heavy atom. The van der Waals surface area contributed by atoms with Crippen molar-refractivity contribution in [2.75, 3.05) is 13.3 Å². The molecular formula is C12H20N2O5. The number of piperidine rings is 1. The fraction of sp³-hybridized carbons (Fsp3) is 0.750. The highest BCUT2D eigenvalue weighted by molar-refractivity contribution is 5.86. The van der Waals surface area contributed by atoms with Gasteiger partial charge in [-0.25, -0.2) is 4.79 Å². The molecule has 0 aliphatic carbocycles. The quantitative estimate of drug-likeness (QED) is 0.759. The summed E-state index contributed by atoms with van der Waals surface area (Å²) in [6, 6.07) is -0.626. The van der Waals surface area contributed by atoms with Gasteiger partial charge in [0.2, 0.25) is 5.91 Å². The maximum atomic E-state index is 12.0. The Bertz CT molecular complexity index is 351. The number of carbonyl (C=O) groups is 3. The Labute approximate surface area is 112 Å². The number of amides is 2. The highest BCUT2D eigenvalue weighted by atomic mass is 16.6. The Kier molecular flexibility index (Phi) is 5.14. The molecule has 19 heavy (non-hydrogen) atoms. The van der Waals surface area contributed by atoms with Gasteiger partial charge in [0.15, 0.2) is 6.73 Å². The van der Waals surface area contributed by atoms with Gasteiger partial charge in [0.1, 0.15) is 11.6 Å². The van der Waals surface area contributed by atoms with Crippen LogP contribution >= 0.6 is 0 Å². The minimum atomic E-state index is -0.626. The molecule has 1 saturated heterocycles. The molecule has 1 rings (SSSR count). The van der Waals surface area contributed by atoms with Gasteiger partial charge in [-0.1, -0.05) is 0 Å². The van der Waals surface area contributed by atoms with Crippen molar-refractivity contribution in [3.05, 3.63) is 0 Å². The molecule has 0 aromatic heterocycles. The predicted octanol–water partition coefficient (Wildman–Crippen LogP) is 0.633. The monoisotopic (exact) mass is 272 g/mol. The van der Waals surface area contributed by atoms with Crippen LogP contribution in [0.5, 0.6) is 0 Å². The molecule has 108 valence electrons. The minimum Gasteiger partial charge on any atom is -0.446 e. The van der Waals surface area contributed by atoms with Gasteiger partial charge in [0.05, 0.1) is 0 Å². The summed E-state index contributed by atoms with van der Waals surface area (Å²) >= 11 is 0. The first-order chi connectivity index (χ1) is 8.83. The number of alkyl carbamates (subject to hydrolysis) is 1. The lowest BCUT2D eigenvalue weighted by atomic mass is 10.1. The van der Waals surface area contributed by atoms with Crippen LogP contribution in [0.25, 0.3) is 0 Å². The molecule has 0 unspecified atom stereocenters. The number of hydrogen-bond acceptors (Lipinski definition) is 5. The zero-order valence-corrected chi connectivity index (χ0v) is 11.5. The zero-order chi connectivity index (χ0) is 14.5. The molecule has 0 bridgehead atoms. The van der Waals surface area contributed by atoms with E-state index in [9.17, 15) is 14.4 Å². The van der Waals surface area contributed by atoms with E-state index in [0.717, 1.165) is 6.42 Å². The third kappa shape index (κ3) is 5.15. The van der Waals surface area contributed by atoms with Crippen molar-refractivity contribution in [1.29, 1.82) is 0 Å². The number of ether oxygens (including phenoxy) is 2. The summed E-state index contributed by atoms with van der Waals surface area (Å²) in [6.07, 6.45) is 0.661. The highest BCUT2D eigenvalue weighted by Crippen LogP contribution is 2.13. The molecule has 1 aliphatic rings. The largest absolute Gasteiger partial charge is 0.446 e. The van der Waals surface area contributed by atoms with Crippen LogP contribution in [0.1, 0.15) is 33.6 Å². The van der Waals surface area contributed by atoms with Gasteiger partial charge < -0.3 is 19.7 Å². The molecule has 0 aromatic rings. The van der Waals surface area contributed by atoms with Crippen LogP contribution < -0.4 is 5.32 Å². The van der Waals surface area contributed by atoms with E-state index in [-0.39, 0.29) is 19.1 Å². The second-order valence-corrected chi connectivity index (χ2v) is 5.33. The molecule has 1 atom stereocenters. The van der Waals surface area contributed by atoms with Gasteiger partial charge in [0.25, 0.3) is 6.47 Å². The molecule has 1 aliphatic heterocycles. The predicted molar refractivity (Wildman–Crippen MR) is 66.1 cm³/mol. The fourth-order valence-electron chi connectivity index (χ4n) is 1.77. The summed E-state index contributed by atoms with van der Waals surface area (Å²) in [7, 11) is 0. The van der Waals surface area contributed by atoms with Gasteiger partial charge in [-0.05, 0) is 33.6 Å². The van der Waals surface area contributed by atoms with Crippen molar-refractivity contribution >= 4 is 18.5 Å². The molecule has 7 heteroatoms. The lowest BCUT2D eigenvalue weighted by molar-refractivity contribution is -0.146. The third-order valence-electron chi connectivity index (χ3n) is 2.52. The minimum absolute atomic E-state index is 0.0885. The van der Waals surface area contributed by atoms with E-state index in [0.29, 0.717) is 13.0 Å². The number of carbonyl (C=O) groups excluding carboxylic acids is 3. The molecule has 0 saturated carbocycles. The summed E-state index contributed by atoms with van der Waals surface area (Å²) in [5.41, 5.74) is -0.609. The first kappa shape index (κ1) is 15.3. The summed E-state index contributed by atoms with van der Waals surface area (Å²) in [5.74, 6) is -0.265. The summed E-state index contributed by atoms with van der Waals surface area (Å²) in [6.45, 7) is 5.96. The molecular weight excluding hydrogens is 252 g/mol. The maximum Gasteiger partial charge on any atom is 0.408 e. The van der Waals surface area contributed by atoms with Crippen molar-refractivity contribution in [3.63, 3.8) is 0 Å². The van der Waals surface area contributed by atoms with Crippen LogP contribution in [-0.2, 0) is 19.1 Å². The van der Waals surface area contributed by atoms with Gasteiger partial charge in [-0.3, -0.25) is 9.59 Å². The Balaban J connectivity index is 2.51. The highest BCUT2D eigenvalue weighted by Gasteiger charge is 2.31. The average Bonchev–Trinajstić information content (AvgIpc) is 2.28. The van der Waals surface area contributed by atoms with E-state index in [1.165, 1.54) is 4.90 Å². The van der Waals surface area contributed by atoms with E-state index in [2.05, 4.69) is 10.1 Å². The van der Waals surface area contributed by atoms with Crippen LogP contribution in [0.2, 0.25) is 0 Å². The van der Waals surface area contributed by atoms with E-state index >= 15 is 0 Å². The number of hydrogen-bond donors (Lipinski definition) is 1. The van der Waals surface area contributed by atoms with Crippen molar-refractivity contribution in [1.82, 2.24) is 10.2 Å². The van der Waals surface area contributed by atoms with Gasteiger partial charge in [0, 0.05) is 6.54 Å². The lowest BCUT2D eigenvalue weighted by Gasteiger charge is -2.32. The van der Waals surface area contributed by atoms with Crippen molar-refractivity contribution in [3.8, 4) is 0 Å².